The molecule has 0 radical (unpaired) electrons. The Bertz CT molecular complexity index is 1130. The molecule has 6 nitrogen and oxygen atoms in total. The molecule has 1 aliphatic heterocycles. The summed E-state index contributed by atoms with van der Waals surface area (Å²) >= 11 is 11.7. The van der Waals surface area contributed by atoms with Crippen LogP contribution in [-0.4, -0.2) is 27.2 Å². The van der Waals surface area contributed by atoms with Crippen LogP contribution in [0.2, 0.25) is 5.02 Å². The van der Waals surface area contributed by atoms with Crippen molar-refractivity contribution in [2.24, 2.45) is 0 Å². The van der Waals surface area contributed by atoms with E-state index >= 15 is 0 Å². The van der Waals surface area contributed by atoms with E-state index in [0.717, 1.165) is 16.9 Å². The summed E-state index contributed by atoms with van der Waals surface area (Å²) in [6.07, 6.45) is 5.34. The van der Waals surface area contributed by atoms with Crippen LogP contribution in [0.3, 0.4) is 0 Å². The van der Waals surface area contributed by atoms with E-state index in [-0.39, 0.29) is 12.6 Å². The van der Waals surface area contributed by atoms with Crippen LogP contribution in [0.4, 0.5) is 5.69 Å². The van der Waals surface area contributed by atoms with Crippen molar-refractivity contribution in [3.8, 4) is 5.69 Å². The minimum Gasteiger partial charge on any atom is -0.463 e. The number of halogens is 1. The van der Waals surface area contributed by atoms with Crippen LogP contribution in [-0.2, 0) is 9.53 Å². The molecule has 4 rings (SSSR count). The van der Waals surface area contributed by atoms with Crippen LogP contribution in [0.15, 0.2) is 78.5 Å². The number of anilines is 1. The van der Waals surface area contributed by atoms with E-state index in [1.54, 1.807) is 31.6 Å². The molecule has 2 heterocycles. The first-order chi connectivity index (χ1) is 15.0. The topological polar surface area (TPSA) is 59.4 Å². The van der Waals surface area contributed by atoms with Gasteiger partial charge in [-0.2, -0.15) is 0 Å². The molecule has 0 saturated carbocycles. The summed E-state index contributed by atoms with van der Waals surface area (Å²) in [4.78, 5) is 18.9. The molecule has 1 aliphatic rings. The zero-order chi connectivity index (χ0) is 22.0. The van der Waals surface area contributed by atoms with Gasteiger partial charge in [-0.15, -0.1) is 0 Å². The van der Waals surface area contributed by atoms with Gasteiger partial charge in [0.2, 0.25) is 0 Å². The Kier molecular flexibility index (Phi) is 6.06. The summed E-state index contributed by atoms with van der Waals surface area (Å²) in [5.41, 5.74) is 3.93. The van der Waals surface area contributed by atoms with Gasteiger partial charge in [-0.3, -0.25) is 4.90 Å². The Balaban J connectivity index is 1.76. The first-order valence-electron chi connectivity index (χ1n) is 9.82. The van der Waals surface area contributed by atoms with Crippen LogP contribution in [0.5, 0.6) is 0 Å². The molecule has 3 aromatic rings. The van der Waals surface area contributed by atoms with Gasteiger partial charge in [0.05, 0.1) is 24.5 Å². The number of thiocarbonyl (C=S) groups is 1. The number of carbonyl (C=O) groups is 1. The van der Waals surface area contributed by atoms with E-state index in [0.29, 0.717) is 21.4 Å². The van der Waals surface area contributed by atoms with E-state index in [9.17, 15) is 4.79 Å². The molecule has 8 heteroatoms. The van der Waals surface area contributed by atoms with Gasteiger partial charge in [0.15, 0.2) is 5.11 Å². The number of nitrogens with one attached hydrogen (secondary N) is 1. The van der Waals surface area contributed by atoms with Gasteiger partial charge < -0.3 is 14.6 Å². The highest BCUT2D eigenvalue weighted by atomic mass is 35.5. The number of hydrogen-bond acceptors (Lipinski definition) is 4. The third-order valence-electron chi connectivity index (χ3n) is 5.09. The summed E-state index contributed by atoms with van der Waals surface area (Å²) < 4.78 is 7.30. The number of carbonyl (C=O) groups excluding carboxylic acids is 1. The molecule has 0 saturated heterocycles. The largest absolute Gasteiger partial charge is 0.463 e. The second-order valence-electron chi connectivity index (χ2n) is 6.98. The third kappa shape index (κ3) is 4.19. The fraction of sp³-hybridized carbons (Fsp3) is 0.174. The minimum atomic E-state index is -0.424. The second-order valence-corrected chi connectivity index (χ2v) is 7.80. The van der Waals surface area contributed by atoms with Crippen LogP contribution in [0.1, 0.15) is 25.5 Å². The first-order valence-corrected chi connectivity index (χ1v) is 10.6. The Labute approximate surface area is 191 Å². The van der Waals surface area contributed by atoms with E-state index in [1.807, 2.05) is 59.0 Å². The maximum Gasteiger partial charge on any atom is 0.338 e. The average molecular weight is 453 g/mol. The van der Waals surface area contributed by atoms with E-state index < -0.39 is 6.04 Å². The quantitative estimate of drug-likeness (QED) is 0.443. The van der Waals surface area contributed by atoms with Crippen molar-refractivity contribution in [3.63, 3.8) is 0 Å². The van der Waals surface area contributed by atoms with Gasteiger partial charge >= 0.3 is 5.97 Å². The average Bonchev–Trinajstić information content (AvgIpc) is 3.30. The Morgan fingerprint density at radius 1 is 1.16 bits per heavy atom. The maximum absolute atomic E-state index is 13.0. The van der Waals surface area contributed by atoms with Crippen molar-refractivity contribution in [1.29, 1.82) is 0 Å². The van der Waals surface area contributed by atoms with Gasteiger partial charge in [0, 0.05) is 34.5 Å². The highest BCUT2D eigenvalue weighted by Gasteiger charge is 2.35. The maximum atomic E-state index is 13.0. The number of ether oxygens (including phenoxy) is 1. The normalized spacial score (nSPS) is 16.3. The Morgan fingerprint density at radius 2 is 1.84 bits per heavy atom. The zero-order valence-electron chi connectivity index (χ0n) is 17.1. The molecule has 0 aliphatic carbocycles. The molecular formula is C23H21ClN4O2S. The molecular weight excluding hydrogens is 432 g/mol. The fourth-order valence-electron chi connectivity index (χ4n) is 3.62. The predicted molar refractivity (Wildman–Crippen MR) is 125 cm³/mol. The lowest BCUT2D eigenvalue weighted by Crippen LogP contribution is -2.48. The molecule has 158 valence electrons. The Hall–Kier alpha value is -3.16. The van der Waals surface area contributed by atoms with Crippen LogP contribution < -0.4 is 10.2 Å². The van der Waals surface area contributed by atoms with Gasteiger partial charge in [-0.1, -0.05) is 23.7 Å². The summed E-state index contributed by atoms with van der Waals surface area (Å²) in [5.74, 6) is -0.377. The molecule has 0 bridgehead atoms. The third-order valence-corrected chi connectivity index (χ3v) is 5.65. The minimum absolute atomic E-state index is 0.285. The lowest BCUT2D eigenvalue weighted by molar-refractivity contribution is -0.139. The lowest BCUT2D eigenvalue weighted by Gasteiger charge is -2.37. The van der Waals surface area contributed by atoms with Gasteiger partial charge in [-0.25, -0.2) is 9.78 Å². The highest BCUT2D eigenvalue weighted by Crippen LogP contribution is 2.34. The summed E-state index contributed by atoms with van der Waals surface area (Å²) in [7, 11) is 0. The number of rotatable bonds is 5. The zero-order valence-corrected chi connectivity index (χ0v) is 18.7. The second kappa shape index (κ2) is 8.91. The van der Waals surface area contributed by atoms with E-state index in [1.165, 1.54) is 0 Å². The number of benzene rings is 2. The van der Waals surface area contributed by atoms with Gasteiger partial charge in [0.25, 0.3) is 0 Å². The lowest BCUT2D eigenvalue weighted by atomic mass is 9.94. The van der Waals surface area contributed by atoms with E-state index in [4.69, 9.17) is 28.6 Å². The summed E-state index contributed by atoms with van der Waals surface area (Å²) in [5, 5.41) is 4.44. The van der Waals surface area contributed by atoms with Crippen LogP contribution >= 0.6 is 23.8 Å². The van der Waals surface area contributed by atoms with Crippen molar-refractivity contribution in [3.05, 3.63) is 89.1 Å². The standard InChI is InChI=1S/C23H21ClN4O2S/c1-3-30-22(29)20-15(2)28(19-10-6-17(24)7-11-19)23(31)26-21(20)16-4-8-18(9-5-16)27-13-12-25-14-27/h4-14,21H,3H2,1-2H3,(H,26,31). The number of nitrogens with zero attached hydrogens (tertiary/aromatic N) is 3. The monoisotopic (exact) mass is 452 g/mol. The smallest absolute Gasteiger partial charge is 0.338 e. The number of hydrogen-bond donors (Lipinski definition) is 1. The number of aromatic nitrogens is 2. The van der Waals surface area contributed by atoms with Crippen molar-refractivity contribution in [1.82, 2.24) is 14.9 Å². The number of allylic oxidation sites excluding steroid dienone is 1. The van der Waals surface area contributed by atoms with Gasteiger partial charge in [0.1, 0.15) is 0 Å². The van der Waals surface area contributed by atoms with Gasteiger partial charge in [-0.05, 0) is 68.0 Å². The fourth-order valence-corrected chi connectivity index (χ4v) is 4.10. The summed E-state index contributed by atoms with van der Waals surface area (Å²) in [6, 6.07) is 14.8. The van der Waals surface area contributed by atoms with Crippen molar-refractivity contribution in [2.75, 3.05) is 11.5 Å². The molecule has 0 spiro atoms. The molecule has 1 atom stereocenters. The Morgan fingerprint density at radius 3 is 2.45 bits per heavy atom. The molecule has 0 amide bonds. The van der Waals surface area contributed by atoms with Crippen molar-refractivity contribution in [2.45, 2.75) is 19.9 Å². The van der Waals surface area contributed by atoms with Crippen molar-refractivity contribution >= 4 is 40.6 Å². The molecule has 31 heavy (non-hydrogen) atoms. The molecule has 1 unspecified atom stereocenters. The van der Waals surface area contributed by atoms with Crippen molar-refractivity contribution < 1.29 is 9.53 Å². The molecule has 1 N–H and O–H groups in total. The molecule has 2 aromatic carbocycles. The first kappa shape index (κ1) is 21.1. The number of imidazole rings is 1. The predicted octanol–water partition coefficient (Wildman–Crippen LogP) is 4.80. The number of esters is 1. The SMILES string of the molecule is CCOC(=O)C1=C(C)N(c2ccc(Cl)cc2)C(=S)NC1c1ccc(-n2ccnc2)cc1. The van der Waals surface area contributed by atoms with Crippen LogP contribution in [0, 0.1) is 0 Å². The molecule has 1 aromatic heterocycles. The molecule has 0 fully saturated rings. The highest BCUT2D eigenvalue weighted by molar-refractivity contribution is 7.80. The van der Waals surface area contributed by atoms with E-state index in [2.05, 4.69) is 10.3 Å². The van der Waals surface area contributed by atoms with Crippen LogP contribution in [0.25, 0.3) is 5.69 Å². The summed E-state index contributed by atoms with van der Waals surface area (Å²) in [6.45, 7) is 3.95.